The average Bonchev–Trinajstić information content (AvgIpc) is 2.81. The highest BCUT2D eigenvalue weighted by atomic mass is 16.5. The second-order valence-electron chi connectivity index (χ2n) is 7.52. The quantitative estimate of drug-likeness (QED) is 0.629. The van der Waals surface area contributed by atoms with E-state index in [1.54, 1.807) is 14.2 Å². The largest absolute Gasteiger partial charge is 0.493 e. The van der Waals surface area contributed by atoms with E-state index < -0.39 is 11.9 Å². The second-order valence-corrected chi connectivity index (χ2v) is 7.52. The first-order valence-electron chi connectivity index (χ1n) is 10.6. The number of ether oxygens (including phenoxy) is 2. The van der Waals surface area contributed by atoms with Crippen molar-refractivity contribution in [2.45, 2.75) is 26.4 Å². The van der Waals surface area contributed by atoms with E-state index in [0.717, 1.165) is 57.2 Å². The molecule has 0 aliphatic carbocycles. The maximum Gasteiger partial charge on any atom is 0.414 e. The standard InChI is InChI=1S/C22H30N2O2.C2H2O4/c1-4-18-5-7-19(8-6-18)16-23-11-13-24(14-12-23)17-20-9-10-21(25-2)22(15-20)26-3;3-1(4)2(5)6/h5-10,15H,4,11-14,16-17H2,1-3H3;(H,3,4)(H,5,6). The first-order chi connectivity index (χ1) is 15.4. The van der Waals surface area contributed by atoms with E-state index in [0.29, 0.717) is 0 Å². The molecule has 1 aliphatic heterocycles. The summed E-state index contributed by atoms with van der Waals surface area (Å²) in [5.41, 5.74) is 4.09. The smallest absolute Gasteiger partial charge is 0.414 e. The number of carboxylic acids is 2. The Kier molecular flexibility index (Phi) is 9.97. The maximum atomic E-state index is 9.10. The van der Waals surface area contributed by atoms with Gasteiger partial charge in [-0.05, 0) is 35.2 Å². The fourth-order valence-electron chi connectivity index (χ4n) is 3.48. The fourth-order valence-corrected chi connectivity index (χ4v) is 3.48. The van der Waals surface area contributed by atoms with Gasteiger partial charge in [0.2, 0.25) is 0 Å². The summed E-state index contributed by atoms with van der Waals surface area (Å²) in [6.07, 6.45) is 1.11. The van der Waals surface area contributed by atoms with Crippen molar-refractivity contribution < 1.29 is 29.3 Å². The van der Waals surface area contributed by atoms with E-state index in [2.05, 4.69) is 53.1 Å². The first-order valence-corrected chi connectivity index (χ1v) is 10.6. The van der Waals surface area contributed by atoms with Gasteiger partial charge in [-0.25, -0.2) is 9.59 Å². The highest BCUT2D eigenvalue weighted by molar-refractivity contribution is 6.27. The highest BCUT2D eigenvalue weighted by Crippen LogP contribution is 2.28. The summed E-state index contributed by atoms with van der Waals surface area (Å²) >= 11 is 0. The normalized spacial score (nSPS) is 14.2. The molecule has 1 aliphatic rings. The Labute approximate surface area is 189 Å². The first kappa shape index (κ1) is 25.2. The van der Waals surface area contributed by atoms with Crippen molar-refractivity contribution in [1.29, 1.82) is 0 Å². The van der Waals surface area contributed by atoms with Crippen LogP contribution in [-0.2, 0) is 29.1 Å². The predicted octanol–water partition coefficient (Wildman–Crippen LogP) is 2.74. The molecule has 0 saturated carbocycles. The number of aryl methyl sites for hydroxylation is 1. The molecule has 1 saturated heterocycles. The Bertz CT molecular complexity index is 865. The summed E-state index contributed by atoms with van der Waals surface area (Å²) in [6.45, 7) is 8.63. The van der Waals surface area contributed by atoms with Gasteiger partial charge >= 0.3 is 11.9 Å². The minimum Gasteiger partial charge on any atom is -0.493 e. The van der Waals surface area contributed by atoms with E-state index in [4.69, 9.17) is 29.3 Å². The minimum atomic E-state index is -1.82. The molecule has 0 atom stereocenters. The van der Waals surface area contributed by atoms with Crippen molar-refractivity contribution in [3.8, 4) is 11.5 Å². The molecule has 1 heterocycles. The van der Waals surface area contributed by atoms with Crippen LogP contribution in [0.25, 0.3) is 0 Å². The van der Waals surface area contributed by atoms with Crippen molar-refractivity contribution in [3.05, 3.63) is 59.2 Å². The van der Waals surface area contributed by atoms with Gasteiger partial charge in [0.15, 0.2) is 11.5 Å². The molecule has 0 radical (unpaired) electrons. The third-order valence-electron chi connectivity index (χ3n) is 5.34. The number of aliphatic carboxylic acids is 2. The molecule has 0 bridgehead atoms. The van der Waals surface area contributed by atoms with Crippen molar-refractivity contribution in [3.63, 3.8) is 0 Å². The summed E-state index contributed by atoms with van der Waals surface area (Å²) in [5.74, 6) is -2.06. The van der Waals surface area contributed by atoms with Crippen molar-refractivity contribution in [2.24, 2.45) is 0 Å². The Hall–Kier alpha value is -3.10. The lowest BCUT2D eigenvalue weighted by Gasteiger charge is -2.34. The number of benzene rings is 2. The van der Waals surface area contributed by atoms with Crippen LogP contribution >= 0.6 is 0 Å². The molecule has 2 aromatic rings. The van der Waals surface area contributed by atoms with Gasteiger partial charge in [0.1, 0.15) is 0 Å². The lowest BCUT2D eigenvalue weighted by molar-refractivity contribution is -0.159. The Morgan fingerprint density at radius 3 is 1.62 bits per heavy atom. The van der Waals surface area contributed by atoms with Gasteiger partial charge in [-0.3, -0.25) is 9.80 Å². The number of carboxylic acid groups (broad SMARTS) is 2. The SMILES string of the molecule is CCc1ccc(CN2CCN(Cc3ccc(OC)c(OC)c3)CC2)cc1.O=C(O)C(=O)O. The topological polar surface area (TPSA) is 99.5 Å². The summed E-state index contributed by atoms with van der Waals surface area (Å²) in [7, 11) is 3.36. The molecule has 0 unspecified atom stereocenters. The van der Waals surface area contributed by atoms with Crippen molar-refractivity contribution >= 4 is 11.9 Å². The predicted molar refractivity (Wildman–Crippen MR) is 121 cm³/mol. The van der Waals surface area contributed by atoms with Crippen LogP contribution in [0.2, 0.25) is 0 Å². The van der Waals surface area contributed by atoms with Crippen LogP contribution in [0.4, 0.5) is 0 Å². The molecule has 0 spiro atoms. The zero-order valence-corrected chi connectivity index (χ0v) is 18.9. The summed E-state index contributed by atoms with van der Waals surface area (Å²) in [5, 5.41) is 14.8. The van der Waals surface area contributed by atoms with Crippen LogP contribution in [0.15, 0.2) is 42.5 Å². The van der Waals surface area contributed by atoms with Gasteiger partial charge in [0.05, 0.1) is 14.2 Å². The summed E-state index contributed by atoms with van der Waals surface area (Å²) < 4.78 is 10.7. The lowest BCUT2D eigenvalue weighted by atomic mass is 10.1. The molecule has 32 heavy (non-hydrogen) atoms. The van der Waals surface area contributed by atoms with Gasteiger partial charge in [0, 0.05) is 39.3 Å². The molecular weight excluding hydrogens is 412 g/mol. The van der Waals surface area contributed by atoms with Crippen LogP contribution in [0.3, 0.4) is 0 Å². The minimum absolute atomic E-state index is 0.787. The number of nitrogens with zero attached hydrogens (tertiary/aromatic N) is 2. The van der Waals surface area contributed by atoms with Gasteiger partial charge in [-0.2, -0.15) is 0 Å². The number of hydrogen-bond acceptors (Lipinski definition) is 6. The highest BCUT2D eigenvalue weighted by Gasteiger charge is 2.17. The zero-order valence-electron chi connectivity index (χ0n) is 18.9. The lowest BCUT2D eigenvalue weighted by Crippen LogP contribution is -2.45. The number of piperazine rings is 1. The van der Waals surface area contributed by atoms with Crippen LogP contribution in [0.5, 0.6) is 11.5 Å². The molecule has 2 N–H and O–H groups in total. The third kappa shape index (κ3) is 7.86. The van der Waals surface area contributed by atoms with Gasteiger partial charge in [-0.15, -0.1) is 0 Å². The van der Waals surface area contributed by atoms with E-state index in [9.17, 15) is 0 Å². The maximum absolute atomic E-state index is 9.10. The summed E-state index contributed by atoms with van der Waals surface area (Å²) in [6, 6.07) is 15.3. The Morgan fingerprint density at radius 1 is 0.750 bits per heavy atom. The molecule has 8 nitrogen and oxygen atoms in total. The van der Waals surface area contributed by atoms with Crippen LogP contribution in [0.1, 0.15) is 23.6 Å². The third-order valence-corrected chi connectivity index (χ3v) is 5.34. The number of hydrogen-bond donors (Lipinski definition) is 2. The van der Waals surface area contributed by atoms with Crippen LogP contribution < -0.4 is 9.47 Å². The molecule has 3 rings (SSSR count). The molecule has 1 fully saturated rings. The summed E-state index contributed by atoms with van der Waals surface area (Å²) in [4.78, 5) is 23.3. The number of methoxy groups -OCH3 is 2. The molecule has 0 amide bonds. The molecule has 8 heteroatoms. The van der Waals surface area contributed by atoms with Gasteiger partial charge in [0.25, 0.3) is 0 Å². The van der Waals surface area contributed by atoms with Gasteiger partial charge in [-0.1, -0.05) is 37.3 Å². The van der Waals surface area contributed by atoms with E-state index in [-0.39, 0.29) is 0 Å². The average molecular weight is 445 g/mol. The molecule has 0 aromatic heterocycles. The number of rotatable bonds is 7. The van der Waals surface area contributed by atoms with Crippen molar-refractivity contribution in [1.82, 2.24) is 9.80 Å². The van der Waals surface area contributed by atoms with Crippen LogP contribution in [0, 0.1) is 0 Å². The second kappa shape index (κ2) is 12.7. The van der Waals surface area contributed by atoms with E-state index >= 15 is 0 Å². The van der Waals surface area contributed by atoms with E-state index in [1.165, 1.54) is 16.7 Å². The van der Waals surface area contributed by atoms with Crippen LogP contribution in [-0.4, -0.2) is 72.4 Å². The molecular formula is C24H32N2O6. The number of carbonyl (C=O) groups is 2. The zero-order chi connectivity index (χ0) is 23.5. The molecule has 174 valence electrons. The molecule has 2 aromatic carbocycles. The fraction of sp³-hybridized carbons (Fsp3) is 0.417. The monoisotopic (exact) mass is 444 g/mol. The van der Waals surface area contributed by atoms with Gasteiger partial charge < -0.3 is 19.7 Å². The van der Waals surface area contributed by atoms with E-state index in [1.807, 2.05) is 6.07 Å². The Morgan fingerprint density at radius 2 is 1.19 bits per heavy atom. The van der Waals surface area contributed by atoms with Crippen molar-refractivity contribution in [2.75, 3.05) is 40.4 Å². The Balaban J connectivity index is 0.000000534.